The zero-order valence-corrected chi connectivity index (χ0v) is 20.3. The number of hydrogen-bond donors (Lipinski definition) is 2. The topological polar surface area (TPSA) is 120 Å². The van der Waals surface area contributed by atoms with Gasteiger partial charge in [0.25, 0.3) is 5.91 Å². The first kappa shape index (κ1) is 25.2. The molecule has 1 aromatic carbocycles. The first-order valence-electron chi connectivity index (χ1n) is 11.4. The molecule has 0 radical (unpaired) electrons. The van der Waals surface area contributed by atoms with E-state index < -0.39 is 0 Å². The molecule has 9 nitrogen and oxygen atoms in total. The second-order valence-corrected chi connectivity index (χ2v) is 8.38. The minimum atomic E-state index is -0.250. The minimum absolute atomic E-state index is 0.100. The molecule has 0 atom stereocenters. The van der Waals surface area contributed by atoms with Gasteiger partial charge in [0.05, 0.1) is 24.8 Å². The molecule has 0 saturated carbocycles. The summed E-state index contributed by atoms with van der Waals surface area (Å²) in [5.74, 6) is 0.576. The van der Waals surface area contributed by atoms with Gasteiger partial charge in [0.15, 0.2) is 0 Å². The Kier molecular flexibility index (Phi) is 8.48. The number of amides is 2. The highest BCUT2D eigenvalue weighted by molar-refractivity contribution is 6.32. The maximum absolute atomic E-state index is 12.6. The van der Waals surface area contributed by atoms with E-state index in [2.05, 4.69) is 15.3 Å². The molecule has 4 rings (SSSR count). The van der Waals surface area contributed by atoms with E-state index in [0.29, 0.717) is 55.1 Å². The number of nitrogens with two attached hydrogens (primary N) is 1. The summed E-state index contributed by atoms with van der Waals surface area (Å²) in [4.78, 5) is 34.6. The molecule has 0 aliphatic carbocycles. The molecule has 10 heteroatoms. The number of nitrogens with one attached hydrogen (secondary N) is 1. The number of aromatic nitrogens is 2. The monoisotopic (exact) mass is 507 g/mol. The lowest BCUT2D eigenvalue weighted by molar-refractivity contribution is -0.116. The molecule has 3 heterocycles. The molecule has 1 fully saturated rings. The number of benzene rings is 1. The van der Waals surface area contributed by atoms with Crippen molar-refractivity contribution in [1.29, 1.82) is 0 Å². The number of nitrogen functional groups attached to an aromatic ring is 1. The van der Waals surface area contributed by atoms with E-state index in [0.717, 1.165) is 16.7 Å². The highest BCUT2D eigenvalue weighted by atomic mass is 35.5. The van der Waals surface area contributed by atoms with Gasteiger partial charge in [-0.25, -0.2) is 4.98 Å². The van der Waals surface area contributed by atoms with E-state index in [1.165, 1.54) is 6.08 Å². The van der Waals surface area contributed by atoms with E-state index in [-0.39, 0.29) is 18.4 Å². The van der Waals surface area contributed by atoms with Crippen molar-refractivity contribution in [3.63, 3.8) is 0 Å². The van der Waals surface area contributed by atoms with Gasteiger partial charge in [-0.15, -0.1) is 0 Å². The van der Waals surface area contributed by atoms with Gasteiger partial charge in [-0.1, -0.05) is 23.7 Å². The van der Waals surface area contributed by atoms with Crippen molar-refractivity contribution >= 4 is 35.3 Å². The van der Waals surface area contributed by atoms with Crippen LogP contribution in [0.5, 0.6) is 5.75 Å². The van der Waals surface area contributed by atoms with Gasteiger partial charge in [0.1, 0.15) is 23.9 Å². The number of nitrogens with zero attached hydrogens (tertiary/aromatic N) is 3. The van der Waals surface area contributed by atoms with Crippen LogP contribution in [0.2, 0.25) is 5.02 Å². The summed E-state index contributed by atoms with van der Waals surface area (Å²) >= 11 is 6.40. The largest absolute Gasteiger partial charge is 0.490 e. The van der Waals surface area contributed by atoms with Crippen molar-refractivity contribution in [3.8, 4) is 16.9 Å². The van der Waals surface area contributed by atoms with Crippen molar-refractivity contribution in [2.45, 2.75) is 0 Å². The van der Waals surface area contributed by atoms with Crippen molar-refractivity contribution < 1.29 is 19.1 Å². The quantitative estimate of drug-likeness (QED) is 0.355. The van der Waals surface area contributed by atoms with Gasteiger partial charge in [-0.3, -0.25) is 14.6 Å². The Balaban J connectivity index is 1.26. The van der Waals surface area contributed by atoms with Gasteiger partial charge in [-0.2, -0.15) is 0 Å². The molecule has 36 heavy (non-hydrogen) atoms. The van der Waals surface area contributed by atoms with Crippen molar-refractivity contribution in [2.75, 3.05) is 45.2 Å². The van der Waals surface area contributed by atoms with Crippen LogP contribution in [0.4, 0.5) is 5.82 Å². The highest BCUT2D eigenvalue weighted by Crippen LogP contribution is 2.30. The van der Waals surface area contributed by atoms with E-state index in [1.807, 2.05) is 12.1 Å². The summed E-state index contributed by atoms with van der Waals surface area (Å²) in [5, 5.41) is 3.18. The smallest absolute Gasteiger partial charge is 0.272 e. The van der Waals surface area contributed by atoms with E-state index in [9.17, 15) is 9.59 Å². The third-order valence-corrected chi connectivity index (χ3v) is 5.74. The van der Waals surface area contributed by atoms with Crippen molar-refractivity contribution in [2.24, 2.45) is 0 Å². The number of halogens is 1. The maximum Gasteiger partial charge on any atom is 0.272 e. The summed E-state index contributed by atoms with van der Waals surface area (Å²) in [7, 11) is 0. The lowest BCUT2D eigenvalue weighted by Crippen LogP contribution is -2.41. The van der Waals surface area contributed by atoms with Crippen LogP contribution in [0.3, 0.4) is 0 Å². The lowest BCUT2D eigenvalue weighted by Gasteiger charge is -2.26. The van der Waals surface area contributed by atoms with Gasteiger partial charge < -0.3 is 25.4 Å². The normalized spacial score (nSPS) is 13.5. The van der Waals surface area contributed by atoms with Crippen LogP contribution in [0.25, 0.3) is 17.2 Å². The fourth-order valence-corrected chi connectivity index (χ4v) is 3.73. The molecule has 2 amide bonds. The maximum atomic E-state index is 12.6. The van der Waals surface area contributed by atoms with Crippen molar-refractivity contribution in [3.05, 3.63) is 77.2 Å². The minimum Gasteiger partial charge on any atom is -0.490 e. The standard InChI is InChI=1S/C26H26ClN5O4/c27-21-15-19(20-3-5-22(30-17-20)26(34)32-10-13-35-14-11-32)4-6-23(21)36-12-9-29-25(33)8-2-18-1-7-24(28)31-16-18/h1-8,15-17H,9-14H2,(H2,28,31)(H,29,33). The van der Waals surface area contributed by atoms with Gasteiger partial charge in [0.2, 0.25) is 5.91 Å². The molecule has 1 aliphatic heterocycles. The molecule has 186 valence electrons. The number of anilines is 1. The fourth-order valence-electron chi connectivity index (χ4n) is 3.50. The van der Waals surface area contributed by atoms with Crippen LogP contribution in [0, 0.1) is 0 Å². The van der Waals surface area contributed by atoms with Crippen molar-refractivity contribution in [1.82, 2.24) is 20.2 Å². The highest BCUT2D eigenvalue weighted by Gasteiger charge is 2.19. The summed E-state index contributed by atoms with van der Waals surface area (Å²) in [5.41, 5.74) is 8.39. The molecule has 3 aromatic rings. The average molecular weight is 508 g/mol. The molecule has 3 N–H and O–H groups in total. The molecule has 1 aliphatic rings. The number of morpholine rings is 1. The van der Waals surface area contributed by atoms with Crippen LogP contribution in [0.1, 0.15) is 16.1 Å². The Morgan fingerprint density at radius 3 is 2.58 bits per heavy atom. The fraction of sp³-hybridized carbons (Fsp3) is 0.231. The third-order valence-electron chi connectivity index (χ3n) is 5.44. The Morgan fingerprint density at radius 2 is 1.89 bits per heavy atom. The zero-order chi connectivity index (χ0) is 25.3. The first-order chi connectivity index (χ1) is 17.5. The van der Waals surface area contributed by atoms with E-state index >= 15 is 0 Å². The predicted octanol–water partition coefficient (Wildman–Crippen LogP) is 3.06. The Labute approximate surface area is 213 Å². The van der Waals surface area contributed by atoms with Crippen LogP contribution < -0.4 is 15.8 Å². The van der Waals surface area contributed by atoms with Gasteiger partial charge in [0, 0.05) is 37.1 Å². The Bertz CT molecular complexity index is 1230. The summed E-state index contributed by atoms with van der Waals surface area (Å²) in [6.07, 6.45) is 6.31. The number of hydrogen-bond acceptors (Lipinski definition) is 7. The molecular formula is C26H26ClN5O4. The second kappa shape index (κ2) is 12.1. The molecular weight excluding hydrogens is 482 g/mol. The van der Waals surface area contributed by atoms with Crippen LogP contribution in [-0.2, 0) is 9.53 Å². The summed E-state index contributed by atoms with van der Waals surface area (Å²) in [6.45, 7) is 2.79. The van der Waals surface area contributed by atoms with Gasteiger partial charge >= 0.3 is 0 Å². The van der Waals surface area contributed by atoms with Crippen LogP contribution in [-0.4, -0.2) is 66.1 Å². The number of carbonyl (C=O) groups is 2. The lowest BCUT2D eigenvalue weighted by atomic mass is 10.1. The molecule has 0 bridgehead atoms. The average Bonchev–Trinajstić information content (AvgIpc) is 2.91. The van der Waals surface area contributed by atoms with Gasteiger partial charge in [-0.05, 0) is 47.5 Å². The molecule has 0 spiro atoms. The predicted molar refractivity (Wildman–Crippen MR) is 138 cm³/mol. The summed E-state index contributed by atoms with van der Waals surface area (Å²) < 4.78 is 11.0. The summed E-state index contributed by atoms with van der Waals surface area (Å²) in [6, 6.07) is 12.4. The molecule has 2 aromatic heterocycles. The second-order valence-electron chi connectivity index (χ2n) is 7.97. The third kappa shape index (κ3) is 6.80. The number of carbonyl (C=O) groups excluding carboxylic acids is 2. The zero-order valence-electron chi connectivity index (χ0n) is 19.5. The Hall–Kier alpha value is -3.95. The molecule has 0 unspecified atom stereocenters. The number of ether oxygens (including phenoxy) is 2. The van der Waals surface area contributed by atoms with E-state index in [1.54, 1.807) is 53.7 Å². The number of rotatable bonds is 8. The first-order valence-corrected chi connectivity index (χ1v) is 11.8. The Morgan fingerprint density at radius 1 is 1.08 bits per heavy atom. The SMILES string of the molecule is Nc1ccc(C=CC(=O)NCCOc2ccc(-c3ccc(C(=O)N4CCOCC4)nc3)cc2Cl)cn1. The molecule has 1 saturated heterocycles. The van der Waals surface area contributed by atoms with E-state index in [4.69, 9.17) is 26.8 Å². The number of pyridine rings is 2. The van der Waals surface area contributed by atoms with Crippen LogP contribution >= 0.6 is 11.6 Å². The van der Waals surface area contributed by atoms with Crippen LogP contribution in [0.15, 0.2) is 60.9 Å².